The quantitative estimate of drug-likeness (QED) is 0.782. The molecule has 0 radical (unpaired) electrons. The molecule has 150 valence electrons. The number of amides is 2. The molecule has 1 fully saturated rings. The summed E-state index contributed by atoms with van der Waals surface area (Å²) in [6.45, 7) is 1.01. The fraction of sp³-hybridized carbons (Fsp3) is 0.250. The van der Waals surface area contributed by atoms with E-state index in [0.717, 1.165) is 0 Å². The Labute approximate surface area is 171 Å². The number of anilines is 1. The van der Waals surface area contributed by atoms with E-state index in [2.05, 4.69) is 15.6 Å². The van der Waals surface area contributed by atoms with Gasteiger partial charge in [-0.25, -0.2) is 4.99 Å². The molecule has 2 heterocycles. The van der Waals surface area contributed by atoms with Crippen molar-refractivity contribution in [1.82, 2.24) is 5.32 Å². The molecule has 1 unspecified atom stereocenters. The van der Waals surface area contributed by atoms with Gasteiger partial charge in [0.15, 0.2) is 16.7 Å². The minimum atomic E-state index is -0.538. The minimum Gasteiger partial charge on any atom is -0.497 e. The van der Waals surface area contributed by atoms with Crippen LogP contribution >= 0.6 is 11.8 Å². The molecule has 2 aromatic carbocycles. The van der Waals surface area contributed by atoms with E-state index in [1.807, 2.05) is 0 Å². The number of nitrogens with zero attached hydrogens (tertiary/aromatic N) is 1. The number of ether oxygens (including phenoxy) is 3. The molecule has 29 heavy (non-hydrogen) atoms. The number of aliphatic imine (C=N–C) groups is 1. The van der Waals surface area contributed by atoms with Crippen molar-refractivity contribution >= 4 is 40.1 Å². The van der Waals surface area contributed by atoms with E-state index in [9.17, 15) is 9.59 Å². The van der Waals surface area contributed by atoms with Crippen LogP contribution in [0.15, 0.2) is 47.5 Å². The fourth-order valence-electron chi connectivity index (χ4n) is 2.87. The van der Waals surface area contributed by atoms with Gasteiger partial charge in [-0.15, -0.1) is 0 Å². The number of hydrogen-bond acceptors (Lipinski definition) is 7. The molecule has 0 aliphatic carbocycles. The van der Waals surface area contributed by atoms with E-state index in [1.54, 1.807) is 49.6 Å². The number of amidine groups is 1. The Morgan fingerprint density at radius 2 is 1.97 bits per heavy atom. The Bertz CT molecular complexity index is 961. The number of thioether (sulfide) groups is 1. The van der Waals surface area contributed by atoms with Gasteiger partial charge in [-0.05, 0) is 36.4 Å². The fourth-order valence-corrected chi connectivity index (χ4v) is 3.85. The SMILES string of the molecule is COc1ccc(NC(=O)CC2SC(=Nc3ccc4c(c3)OCCO4)NC2=O)cc1. The minimum absolute atomic E-state index is 0.0443. The third kappa shape index (κ3) is 4.62. The summed E-state index contributed by atoms with van der Waals surface area (Å²) in [5.74, 6) is 1.52. The monoisotopic (exact) mass is 413 g/mol. The van der Waals surface area contributed by atoms with Gasteiger partial charge in [-0.1, -0.05) is 11.8 Å². The van der Waals surface area contributed by atoms with Crippen LogP contribution in [0.1, 0.15) is 6.42 Å². The predicted octanol–water partition coefficient (Wildman–Crippen LogP) is 2.71. The van der Waals surface area contributed by atoms with Crippen LogP contribution in [0, 0.1) is 0 Å². The number of rotatable bonds is 5. The van der Waals surface area contributed by atoms with E-state index in [1.165, 1.54) is 11.8 Å². The van der Waals surface area contributed by atoms with Crippen molar-refractivity contribution in [1.29, 1.82) is 0 Å². The zero-order valence-corrected chi connectivity index (χ0v) is 16.5. The van der Waals surface area contributed by atoms with E-state index in [0.29, 0.717) is 47.0 Å². The summed E-state index contributed by atoms with van der Waals surface area (Å²) < 4.78 is 16.1. The molecule has 2 aliphatic heterocycles. The second kappa shape index (κ2) is 8.44. The van der Waals surface area contributed by atoms with Crippen LogP contribution in [0.3, 0.4) is 0 Å². The lowest BCUT2D eigenvalue weighted by molar-refractivity contribution is -0.122. The normalized spacial score (nSPS) is 19.0. The van der Waals surface area contributed by atoms with Crippen LogP contribution in [0.4, 0.5) is 11.4 Å². The van der Waals surface area contributed by atoms with Crippen molar-refractivity contribution in [2.75, 3.05) is 25.6 Å². The summed E-state index contributed by atoms with van der Waals surface area (Å²) in [4.78, 5) is 29.0. The topological polar surface area (TPSA) is 98.2 Å². The Hall–Kier alpha value is -3.20. The maximum atomic E-state index is 12.3. The van der Waals surface area contributed by atoms with Crippen LogP contribution in [-0.2, 0) is 9.59 Å². The molecule has 0 bridgehead atoms. The van der Waals surface area contributed by atoms with E-state index in [-0.39, 0.29) is 18.2 Å². The molecule has 2 aliphatic rings. The van der Waals surface area contributed by atoms with Gasteiger partial charge < -0.3 is 24.8 Å². The molecule has 0 spiro atoms. The Morgan fingerprint density at radius 1 is 1.21 bits per heavy atom. The lowest BCUT2D eigenvalue weighted by Crippen LogP contribution is -2.28. The summed E-state index contributed by atoms with van der Waals surface area (Å²) in [6.07, 6.45) is 0.0443. The van der Waals surface area contributed by atoms with Crippen molar-refractivity contribution in [2.45, 2.75) is 11.7 Å². The zero-order chi connectivity index (χ0) is 20.2. The van der Waals surface area contributed by atoms with E-state index >= 15 is 0 Å². The van der Waals surface area contributed by atoms with Crippen LogP contribution in [0.5, 0.6) is 17.2 Å². The summed E-state index contributed by atoms with van der Waals surface area (Å²) in [5.41, 5.74) is 1.28. The van der Waals surface area contributed by atoms with Gasteiger partial charge in [-0.2, -0.15) is 0 Å². The molecular weight excluding hydrogens is 394 g/mol. The molecule has 1 saturated heterocycles. The molecule has 2 aromatic rings. The van der Waals surface area contributed by atoms with Gasteiger partial charge in [0, 0.05) is 18.2 Å². The standard InChI is InChI=1S/C20H19N3O5S/c1-26-14-5-2-12(3-6-14)21-18(24)11-17-19(25)23-20(29-17)22-13-4-7-15-16(10-13)28-9-8-27-15/h2-7,10,17H,8-9,11H2,1H3,(H,21,24)(H,22,23,25). The van der Waals surface area contributed by atoms with E-state index in [4.69, 9.17) is 14.2 Å². The molecule has 2 N–H and O–H groups in total. The van der Waals surface area contributed by atoms with Crippen LogP contribution < -0.4 is 24.8 Å². The second-order valence-corrected chi connectivity index (χ2v) is 7.51. The highest BCUT2D eigenvalue weighted by atomic mass is 32.2. The maximum Gasteiger partial charge on any atom is 0.240 e. The number of methoxy groups -OCH3 is 1. The summed E-state index contributed by atoms with van der Waals surface area (Å²) >= 11 is 1.23. The number of fused-ring (bicyclic) bond motifs is 1. The number of benzene rings is 2. The number of hydrogen-bond donors (Lipinski definition) is 2. The van der Waals surface area contributed by atoms with Crippen molar-refractivity contribution in [2.24, 2.45) is 4.99 Å². The lowest BCUT2D eigenvalue weighted by atomic mass is 10.2. The van der Waals surface area contributed by atoms with Crippen molar-refractivity contribution < 1.29 is 23.8 Å². The van der Waals surface area contributed by atoms with Gasteiger partial charge in [-0.3, -0.25) is 9.59 Å². The smallest absolute Gasteiger partial charge is 0.240 e. The van der Waals surface area contributed by atoms with Gasteiger partial charge in [0.05, 0.1) is 12.8 Å². The molecule has 0 saturated carbocycles. The molecule has 1 atom stereocenters. The van der Waals surface area contributed by atoms with Crippen molar-refractivity contribution in [3.8, 4) is 17.2 Å². The first kappa shape index (κ1) is 19.1. The number of nitrogens with one attached hydrogen (secondary N) is 2. The van der Waals surface area contributed by atoms with Crippen molar-refractivity contribution in [3.63, 3.8) is 0 Å². The summed E-state index contributed by atoms with van der Waals surface area (Å²) in [6, 6.07) is 12.3. The van der Waals surface area contributed by atoms with Gasteiger partial charge in [0.25, 0.3) is 0 Å². The largest absolute Gasteiger partial charge is 0.497 e. The Kier molecular flexibility index (Phi) is 5.57. The maximum absolute atomic E-state index is 12.3. The second-order valence-electron chi connectivity index (χ2n) is 6.32. The molecule has 8 nitrogen and oxygen atoms in total. The first-order valence-electron chi connectivity index (χ1n) is 9.00. The van der Waals surface area contributed by atoms with Crippen LogP contribution in [0.25, 0.3) is 0 Å². The average Bonchev–Trinajstić information content (AvgIpc) is 3.07. The first-order valence-corrected chi connectivity index (χ1v) is 9.88. The number of carbonyl (C=O) groups excluding carboxylic acids is 2. The summed E-state index contributed by atoms with van der Waals surface area (Å²) in [7, 11) is 1.58. The van der Waals surface area contributed by atoms with Crippen LogP contribution in [0.2, 0.25) is 0 Å². The Morgan fingerprint density at radius 3 is 2.72 bits per heavy atom. The van der Waals surface area contributed by atoms with Gasteiger partial charge in [0.1, 0.15) is 24.2 Å². The van der Waals surface area contributed by atoms with Gasteiger partial charge >= 0.3 is 0 Å². The average molecular weight is 413 g/mol. The molecule has 0 aromatic heterocycles. The zero-order valence-electron chi connectivity index (χ0n) is 15.6. The molecule has 4 rings (SSSR count). The van der Waals surface area contributed by atoms with Gasteiger partial charge in [0.2, 0.25) is 11.8 Å². The highest BCUT2D eigenvalue weighted by Crippen LogP contribution is 2.34. The Balaban J connectivity index is 1.37. The first-order chi connectivity index (χ1) is 14.1. The molecule has 9 heteroatoms. The van der Waals surface area contributed by atoms with Crippen LogP contribution in [-0.4, -0.2) is 42.6 Å². The highest BCUT2D eigenvalue weighted by molar-refractivity contribution is 8.15. The molecule has 2 amide bonds. The van der Waals surface area contributed by atoms with E-state index < -0.39 is 5.25 Å². The highest BCUT2D eigenvalue weighted by Gasteiger charge is 2.32. The lowest BCUT2D eigenvalue weighted by Gasteiger charge is -2.18. The third-order valence-corrected chi connectivity index (χ3v) is 5.36. The predicted molar refractivity (Wildman–Crippen MR) is 110 cm³/mol. The third-order valence-electron chi connectivity index (χ3n) is 4.28. The summed E-state index contributed by atoms with van der Waals surface area (Å²) in [5, 5.41) is 5.42. The van der Waals surface area contributed by atoms with Crippen molar-refractivity contribution in [3.05, 3.63) is 42.5 Å². The molecular formula is C20H19N3O5S. The number of carbonyl (C=O) groups is 2.